The number of hydrogen-bond donors (Lipinski definition) is 2. The molecular weight excluding hydrogens is 350 g/mol. The van der Waals surface area contributed by atoms with Crippen molar-refractivity contribution in [1.82, 2.24) is 9.62 Å². The summed E-state index contributed by atoms with van der Waals surface area (Å²) in [7, 11) is -3.50. The van der Waals surface area contributed by atoms with Crippen LogP contribution < -0.4 is 10.5 Å². The third-order valence-corrected chi connectivity index (χ3v) is 7.40. The second kappa shape index (κ2) is 8.50. The summed E-state index contributed by atoms with van der Waals surface area (Å²) < 4.78 is 28.1. The fourth-order valence-electron chi connectivity index (χ4n) is 3.96. The van der Waals surface area contributed by atoms with Gasteiger partial charge in [-0.1, -0.05) is 43.2 Å². The van der Waals surface area contributed by atoms with Gasteiger partial charge in [0, 0.05) is 31.6 Å². The maximum Gasteiger partial charge on any atom is 0.225 e. The van der Waals surface area contributed by atoms with Crippen molar-refractivity contribution >= 4 is 15.9 Å². The van der Waals surface area contributed by atoms with E-state index >= 15 is 0 Å². The van der Waals surface area contributed by atoms with Gasteiger partial charge in [0.05, 0.1) is 5.25 Å². The Morgan fingerprint density at radius 2 is 1.85 bits per heavy atom. The molecular formula is C19H29N3O3S. The zero-order valence-corrected chi connectivity index (χ0v) is 16.0. The average molecular weight is 380 g/mol. The van der Waals surface area contributed by atoms with E-state index in [1.54, 1.807) is 4.90 Å². The van der Waals surface area contributed by atoms with Crippen molar-refractivity contribution in [3.8, 4) is 0 Å². The molecule has 144 valence electrons. The van der Waals surface area contributed by atoms with E-state index in [-0.39, 0.29) is 24.4 Å². The van der Waals surface area contributed by atoms with Gasteiger partial charge in [-0.05, 0) is 31.2 Å². The van der Waals surface area contributed by atoms with Crippen LogP contribution in [0.25, 0.3) is 0 Å². The molecule has 0 bridgehead atoms. The van der Waals surface area contributed by atoms with Crippen molar-refractivity contribution in [3.63, 3.8) is 0 Å². The summed E-state index contributed by atoms with van der Waals surface area (Å²) in [6.07, 6.45) is 5.41. The van der Waals surface area contributed by atoms with Crippen LogP contribution in [0.5, 0.6) is 0 Å². The van der Waals surface area contributed by atoms with Crippen molar-refractivity contribution in [2.45, 2.75) is 49.8 Å². The molecule has 2 unspecified atom stereocenters. The molecule has 2 aliphatic rings. The molecule has 2 atom stereocenters. The minimum absolute atomic E-state index is 0.0934. The van der Waals surface area contributed by atoms with Gasteiger partial charge in [-0.2, -0.15) is 0 Å². The molecule has 1 heterocycles. The van der Waals surface area contributed by atoms with Gasteiger partial charge in [0.15, 0.2) is 0 Å². The van der Waals surface area contributed by atoms with E-state index in [2.05, 4.69) is 4.72 Å². The van der Waals surface area contributed by atoms with Crippen LogP contribution >= 0.6 is 0 Å². The third-order valence-electron chi connectivity index (χ3n) is 5.57. The van der Waals surface area contributed by atoms with Crippen molar-refractivity contribution < 1.29 is 13.2 Å². The lowest BCUT2D eigenvalue weighted by Gasteiger charge is -2.34. The summed E-state index contributed by atoms with van der Waals surface area (Å²) in [6, 6.07) is 9.07. The highest BCUT2D eigenvalue weighted by molar-refractivity contribution is 7.90. The Kier molecular flexibility index (Phi) is 6.32. The lowest BCUT2D eigenvalue weighted by molar-refractivity contribution is -0.136. The van der Waals surface area contributed by atoms with Crippen molar-refractivity contribution in [1.29, 1.82) is 0 Å². The van der Waals surface area contributed by atoms with Gasteiger partial charge < -0.3 is 10.6 Å². The Balaban J connectivity index is 1.57. The van der Waals surface area contributed by atoms with Crippen molar-refractivity contribution in [3.05, 3.63) is 35.9 Å². The summed E-state index contributed by atoms with van der Waals surface area (Å²) in [6.45, 7) is 1.13. The van der Waals surface area contributed by atoms with E-state index in [0.717, 1.165) is 37.7 Å². The van der Waals surface area contributed by atoms with E-state index in [9.17, 15) is 13.2 Å². The highest BCUT2D eigenvalue weighted by Crippen LogP contribution is 2.28. The molecule has 1 saturated carbocycles. The van der Waals surface area contributed by atoms with Crippen LogP contribution in [0.15, 0.2) is 30.3 Å². The van der Waals surface area contributed by atoms with Crippen LogP contribution in [0.3, 0.4) is 0 Å². The number of carbonyl (C=O) groups excluding carboxylic acids is 1. The van der Waals surface area contributed by atoms with Gasteiger partial charge in [-0.3, -0.25) is 4.79 Å². The first-order valence-electron chi connectivity index (χ1n) is 9.55. The van der Waals surface area contributed by atoms with Gasteiger partial charge >= 0.3 is 0 Å². The monoisotopic (exact) mass is 379 g/mol. The van der Waals surface area contributed by atoms with E-state index in [4.69, 9.17) is 5.73 Å². The first kappa shape index (κ1) is 19.3. The van der Waals surface area contributed by atoms with Gasteiger partial charge in [0.25, 0.3) is 0 Å². The molecule has 7 heteroatoms. The summed E-state index contributed by atoms with van der Waals surface area (Å²) in [5, 5.41) is -0.551. The second-order valence-electron chi connectivity index (χ2n) is 7.44. The van der Waals surface area contributed by atoms with Crippen molar-refractivity contribution in [2.24, 2.45) is 11.7 Å². The summed E-state index contributed by atoms with van der Waals surface area (Å²) in [4.78, 5) is 14.4. The molecule has 2 fully saturated rings. The molecule has 1 aromatic carbocycles. The zero-order chi connectivity index (χ0) is 18.6. The molecule has 0 spiro atoms. The van der Waals surface area contributed by atoms with Crippen molar-refractivity contribution in [2.75, 3.05) is 19.6 Å². The highest BCUT2D eigenvalue weighted by atomic mass is 32.2. The highest BCUT2D eigenvalue weighted by Gasteiger charge is 2.35. The van der Waals surface area contributed by atoms with E-state index < -0.39 is 15.3 Å². The van der Waals surface area contributed by atoms with Crippen LogP contribution in [0.1, 0.15) is 50.1 Å². The van der Waals surface area contributed by atoms with Gasteiger partial charge in [0.1, 0.15) is 0 Å². The maximum absolute atomic E-state index is 12.7. The van der Waals surface area contributed by atoms with Crippen LogP contribution in [-0.4, -0.2) is 44.1 Å². The molecule has 1 aromatic rings. The Morgan fingerprint density at radius 1 is 1.15 bits per heavy atom. The molecule has 6 nitrogen and oxygen atoms in total. The summed E-state index contributed by atoms with van der Waals surface area (Å²) >= 11 is 0. The molecule has 3 N–H and O–H groups in total. The van der Waals surface area contributed by atoms with Crippen LogP contribution in [0, 0.1) is 5.92 Å². The van der Waals surface area contributed by atoms with Gasteiger partial charge in [-0.25, -0.2) is 13.1 Å². The fourth-order valence-corrected chi connectivity index (χ4v) is 5.47. The number of nitrogens with zero attached hydrogens (tertiary/aromatic N) is 1. The Hall–Kier alpha value is -1.44. The topological polar surface area (TPSA) is 92.5 Å². The molecule has 3 rings (SSSR count). The molecule has 0 aromatic heterocycles. The zero-order valence-electron chi connectivity index (χ0n) is 15.1. The average Bonchev–Trinajstić information content (AvgIpc) is 3.21. The Morgan fingerprint density at radius 3 is 2.54 bits per heavy atom. The normalized spacial score (nSPS) is 23.1. The van der Waals surface area contributed by atoms with E-state index in [1.165, 1.54) is 0 Å². The maximum atomic E-state index is 12.7. The van der Waals surface area contributed by atoms with Crippen LogP contribution in [0.2, 0.25) is 0 Å². The molecule has 1 aliphatic carbocycles. The fraction of sp³-hybridized carbons (Fsp3) is 0.632. The van der Waals surface area contributed by atoms with E-state index in [0.29, 0.717) is 19.5 Å². The number of likely N-dealkylation sites (tertiary alicyclic amines) is 1. The van der Waals surface area contributed by atoms with Crippen LogP contribution in [0.4, 0.5) is 0 Å². The number of hydrogen-bond acceptors (Lipinski definition) is 4. The largest absolute Gasteiger partial charge is 0.341 e. The lowest BCUT2D eigenvalue weighted by atomic mass is 10.0. The summed E-state index contributed by atoms with van der Waals surface area (Å²) in [5.41, 5.74) is 7.00. The Bertz CT molecular complexity index is 702. The first-order chi connectivity index (χ1) is 12.5. The van der Waals surface area contributed by atoms with E-state index in [1.807, 2.05) is 30.3 Å². The smallest absolute Gasteiger partial charge is 0.225 e. The minimum atomic E-state index is -3.50. The van der Waals surface area contributed by atoms with Gasteiger partial charge in [0.2, 0.25) is 15.9 Å². The molecule has 0 radical (unpaired) electrons. The number of amides is 1. The summed E-state index contributed by atoms with van der Waals surface area (Å²) in [5.74, 6) is 0.235. The predicted octanol–water partition coefficient (Wildman–Crippen LogP) is 1.79. The SMILES string of the molecule is NC(CNS(=O)(=O)C1CCCN(C(=O)C2CCCC2)C1)c1ccccc1. The second-order valence-corrected chi connectivity index (χ2v) is 9.49. The number of sulfonamides is 1. The molecule has 26 heavy (non-hydrogen) atoms. The Labute approximate surface area is 156 Å². The minimum Gasteiger partial charge on any atom is -0.341 e. The standard InChI is InChI=1S/C19H29N3O3S/c20-18(15-7-2-1-3-8-15)13-21-26(24,25)17-11-6-12-22(14-17)19(23)16-9-4-5-10-16/h1-3,7-8,16-18,21H,4-6,9-14,20H2. The van der Waals surface area contributed by atoms with Crippen LogP contribution in [-0.2, 0) is 14.8 Å². The number of nitrogens with two attached hydrogens (primary N) is 1. The molecule has 1 amide bonds. The number of rotatable bonds is 6. The lowest BCUT2D eigenvalue weighted by Crippen LogP contribution is -2.50. The number of nitrogens with one attached hydrogen (secondary N) is 1. The van der Waals surface area contributed by atoms with Gasteiger partial charge in [-0.15, -0.1) is 0 Å². The predicted molar refractivity (Wildman–Crippen MR) is 102 cm³/mol. The number of piperidine rings is 1. The quantitative estimate of drug-likeness (QED) is 0.788. The molecule has 1 aliphatic heterocycles. The molecule has 1 saturated heterocycles. The number of benzene rings is 1. The first-order valence-corrected chi connectivity index (χ1v) is 11.1. The third kappa shape index (κ3) is 4.64. The number of carbonyl (C=O) groups is 1.